The van der Waals surface area contributed by atoms with Gasteiger partial charge >= 0.3 is 0 Å². The van der Waals surface area contributed by atoms with E-state index >= 15 is 0 Å². The van der Waals surface area contributed by atoms with Gasteiger partial charge in [0, 0.05) is 13.2 Å². The topological polar surface area (TPSA) is 29.5 Å². The van der Waals surface area contributed by atoms with Gasteiger partial charge in [-0.05, 0) is 31.1 Å². The third-order valence-corrected chi connectivity index (χ3v) is 3.05. The van der Waals surface area contributed by atoms with Gasteiger partial charge in [0.25, 0.3) is 0 Å². The summed E-state index contributed by atoms with van der Waals surface area (Å²) in [7, 11) is 0. The molecule has 1 fully saturated rings. The SMILES string of the molecule is CC1CCCC(C)C1OCCCO. The van der Waals surface area contributed by atoms with Crippen LogP contribution in [0.4, 0.5) is 0 Å². The molecule has 0 amide bonds. The van der Waals surface area contributed by atoms with E-state index in [1.165, 1.54) is 19.3 Å². The van der Waals surface area contributed by atoms with Crippen molar-refractivity contribution in [2.24, 2.45) is 11.8 Å². The van der Waals surface area contributed by atoms with Gasteiger partial charge in [0.05, 0.1) is 6.10 Å². The molecule has 2 heteroatoms. The first-order valence-corrected chi connectivity index (χ1v) is 5.48. The number of rotatable bonds is 4. The summed E-state index contributed by atoms with van der Waals surface area (Å²) in [5.41, 5.74) is 0. The lowest BCUT2D eigenvalue weighted by atomic mass is 9.80. The zero-order valence-corrected chi connectivity index (χ0v) is 8.83. The largest absolute Gasteiger partial charge is 0.396 e. The van der Waals surface area contributed by atoms with E-state index in [0.29, 0.717) is 17.9 Å². The third-order valence-electron chi connectivity index (χ3n) is 3.05. The monoisotopic (exact) mass is 186 g/mol. The highest BCUT2D eigenvalue weighted by Gasteiger charge is 2.27. The zero-order valence-electron chi connectivity index (χ0n) is 8.83. The van der Waals surface area contributed by atoms with Crippen molar-refractivity contribution in [2.45, 2.75) is 45.6 Å². The summed E-state index contributed by atoms with van der Waals surface area (Å²) in [6, 6.07) is 0. The Morgan fingerprint density at radius 3 is 2.38 bits per heavy atom. The fourth-order valence-electron chi connectivity index (χ4n) is 2.26. The molecule has 1 N–H and O–H groups in total. The summed E-state index contributed by atoms with van der Waals surface area (Å²) in [5, 5.41) is 8.65. The maximum absolute atomic E-state index is 8.65. The average Bonchev–Trinajstić information content (AvgIpc) is 2.10. The molecule has 0 saturated heterocycles. The van der Waals surface area contributed by atoms with Gasteiger partial charge in [0.1, 0.15) is 0 Å². The van der Waals surface area contributed by atoms with Gasteiger partial charge in [0.2, 0.25) is 0 Å². The number of hydrogen-bond acceptors (Lipinski definition) is 2. The smallest absolute Gasteiger partial charge is 0.0626 e. The molecule has 0 heterocycles. The summed E-state index contributed by atoms with van der Waals surface area (Å²) in [5.74, 6) is 1.39. The Labute approximate surface area is 81.3 Å². The number of aliphatic hydroxyl groups is 1. The van der Waals surface area contributed by atoms with Crippen molar-refractivity contribution in [3.8, 4) is 0 Å². The van der Waals surface area contributed by atoms with Crippen molar-refractivity contribution in [1.82, 2.24) is 0 Å². The molecule has 0 aromatic heterocycles. The molecule has 2 unspecified atom stereocenters. The molecule has 0 spiro atoms. The number of ether oxygens (including phenoxy) is 1. The first kappa shape index (κ1) is 11.0. The minimum absolute atomic E-state index is 0.246. The Morgan fingerprint density at radius 2 is 1.85 bits per heavy atom. The minimum atomic E-state index is 0.246. The molecule has 1 aliphatic rings. The molecule has 0 radical (unpaired) electrons. The Bertz CT molecular complexity index is 126. The maximum Gasteiger partial charge on any atom is 0.0626 e. The van der Waals surface area contributed by atoms with Crippen molar-refractivity contribution >= 4 is 0 Å². The van der Waals surface area contributed by atoms with Gasteiger partial charge in [-0.15, -0.1) is 0 Å². The fraction of sp³-hybridized carbons (Fsp3) is 1.00. The van der Waals surface area contributed by atoms with Gasteiger partial charge in [0.15, 0.2) is 0 Å². The molecule has 78 valence electrons. The quantitative estimate of drug-likeness (QED) is 0.682. The molecule has 2 nitrogen and oxygen atoms in total. The Morgan fingerprint density at radius 1 is 1.23 bits per heavy atom. The lowest BCUT2D eigenvalue weighted by Crippen LogP contribution is -2.33. The van der Waals surface area contributed by atoms with E-state index < -0.39 is 0 Å². The molecule has 0 bridgehead atoms. The molecule has 0 aromatic rings. The van der Waals surface area contributed by atoms with E-state index in [9.17, 15) is 0 Å². The molecule has 1 aliphatic carbocycles. The second kappa shape index (κ2) is 5.61. The predicted octanol–water partition coefficient (Wildman–Crippen LogP) is 2.21. The van der Waals surface area contributed by atoms with Crippen molar-refractivity contribution in [1.29, 1.82) is 0 Å². The van der Waals surface area contributed by atoms with Crippen LogP contribution >= 0.6 is 0 Å². The first-order valence-electron chi connectivity index (χ1n) is 5.48. The standard InChI is InChI=1S/C11H22O2/c1-9-5-3-6-10(2)11(9)13-8-4-7-12/h9-12H,3-8H2,1-2H3. The molecule has 1 saturated carbocycles. The van der Waals surface area contributed by atoms with E-state index in [2.05, 4.69) is 13.8 Å². The van der Waals surface area contributed by atoms with Crippen molar-refractivity contribution in [3.63, 3.8) is 0 Å². The minimum Gasteiger partial charge on any atom is -0.396 e. The van der Waals surface area contributed by atoms with Crippen LogP contribution in [0.25, 0.3) is 0 Å². The van der Waals surface area contributed by atoms with Crippen LogP contribution in [0, 0.1) is 11.8 Å². The van der Waals surface area contributed by atoms with Gasteiger partial charge < -0.3 is 9.84 Å². The van der Waals surface area contributed by atoms with Crippen LogP contribution in [0.3, 0.4) is 0 Å². The van der Waals surface area contributed by atoms with E-state index in [0.717, 1.165) is 13.0 Å². The molecule has 2 atom stereocenters. The van der Waals surface area contributed by atoms with Crippen molar-refractivity contribution in [3.05, 3.63) is 0 Å². The van der Waals surface area contributed by atoms with E-state index in [1.807, 2.05) is 0 Å². The summed E-state index contributed by atoms with van der Waals surface area (Å²) in [4.78, 5) is 0. The second-order valence-electron chi connectivity index (χ2n) is 4.30. The highest BCUT2D eigenvalue weighted by atomic mass is 16.5. The third kappa shape index (κ3) is 3.28. The molecule has 1 rings (SSSR count). The highest BCUT2D eigenvalue weighted by molar-refractivity contribution is 4.78. The molecule has 0 aromatic carbocycles. The van der Waals surface area contributed by atoms with E-state index in [1.54, 1.807) is 0 Å². The predicted molar refractivity (Wildman–Crippen MR) is 53.6 cm³/mol. The summed E-state index contributed by atoms with van der Waals surface area (Å²) in [6.45, 7) is 5.52. The average molecular weight is 186 g/mol. The van der Waals surface area contributed by atoms with Gasteiger partial charge in [-0.25, -0.2) is 0 Å². The van der Waals surface area contributed by atoms with E-state index in [-0.39, 0.29) is 6.61 Å². The number of aliphatic hydroxyl groups excluding tert-OH is 1. The highest BCUT2D eigenvalue weighted by Crippen LogP contribution is 2.31. The summed E-state index contributed by atoms with van der Waals surface area (Å²) in [6.07, 6.45) is 5.15. The lowest BCUT2D eigenvalue weighted by molar-refractivity contribution is -0.0413. The Balaban J connectivity index is 2.26. The Kier molecular flexibility index (Phi) is 4.74. The van der Waals surface area contributed by atoms with Crippen LogP contribution in [-0.2, 0) is 4.74 Å². The van der Waals surface area contributed by atoms with Crippen LogP contribution < -0.4 is 0 Å². The van der Waals surface area contributed by atoms with Gasteiger partial charge in [-0.2, -0.15) is 0 Å². The van der Waals surface area contributed by atoms with E-state index in [4.69, 9.17) is 9.84 Å². The van der Waals surface area contributed by atoms with Crippen LogP contribution in [-0.4, -0.2) is 24.4 Å². The van der Waals surface area contributed by atoms with Crippen LogP contribution in [0.5, 0.6) is 0 Å². The first-order chi connectivity index (χ1) is 6.25. The Hall–Kier alpha value is -0.0800. The normalized spacial score (nSPS) is 34.8. The second-order valence-corrected chi connectivity index (χ2v) is 4.30. The van der Waals surface area contributed by atoms with Crippen LogP contribution in [0.2, 0.25) is 0 Å². The molecule has 13 heavy (non-hydrogen) atoms. The molecule has 0 aliphatic heterocycles. The van der Waals surface area contributed by atoms with Gasteiger partial charge in [-0.3, -0.25) is 0 Å². The lowest BCUT2D eigenvalue weighted by Gasteiger charge is -2.34. The fourth-order valence-corrected chi connectivity index (χ4v) is 2.26. The molecular weight excluding hydrogens is 164 g/mol. The maximum atomic E-state index is 8.65. The van der Waals surface area contributed by atoms with Crippen LogP contribution in [0.15, 0.2) is 0 Å². The van der Waals surface area contributed by atoms with Crippen LogP contribution in [0.1, 0.15) is 39.5 Å². The van der Waals surface area contributed by atoms with Crippen molar-refractivity contribution < 1.29 is 9.84 Å². The summed E-state index contributed by atoms with van der Waals surface area (Å²) < 4.78 is 5.79. The molecular formula is C11H22O2. The number of hydrogen-bond donors (Lipinski definition) is 1. The van der Waals surface area contributed by atoms with Crippen molar-refractivity contribution in [2.75, 3.05) is 13.2 Å². The summed E-state index contributed by atoms with van der Waals surface area (Å²) >= 11 is 0. The van der Waals surface area contributed by atoms with Gasteiger partial charge in [-0.1, -0.05) is 20.3 Å². The zero-order chi connectivity index (χ0) is 9.68.